The van der Waals surface area contributed by atoms with Gasteiger partial charge in [-0.15, -0.1) is 0 Å². The van der Waals surface area contributed by atoms with E-state index in [1.165, 1.54) is 36.4 Å². The summed E-state index contributed by atoms with van der Waals surface area (Å²) >= 11 is 5.84. The molecule has 8 heteroatoms. The number of nitrogens with zero attached hydrogens (tertiary/aromatic N) is 1. The van der Waals surface area contributed by atoms with Gasteiger partial charge < -0.3 is 15.6 Å². The molecule has 1 amide bonds. The Morgan fingerprint density at radius 3 is 2.67 bits per heavy atom. The maximum atomic E-state index is 14.0. The number of fused-ring (bicyclic) bond motifs is 1. The summed E-state index contributed by atoms with van der Waals surface area (Å²) in [5.74, 6) is -2.21. The Morgan fingerprint density at radius 1 is 1.26 bits per heavy atom. The second-order valence-electron chi connectivity index (χ2n) is 5.88. The molecule has 1 heterocycles. The number of pyridine rings is 1. The van der Waals surface area contributed by atoms with Crippen molar-refractivity contribution in [1.82, 2.24) is 4.98 Å². The number of halogens is 2. The summed E-state index contributed by atoms with van der Waals surface area (Å²) in [6.45, 7) is 1.44. The second-order valence-corrected chi connectivity index (χ2v) is 6.32. The molecule has 27 heavy (non-hydrogen) atoms. The van der Waals surface area contributed by atoms with Gasteiger partial charge in [-0.05, 0) is 36.8 Å². The fourth-order valence-electron chi connectivity index (χ4n) is 2.59. The number of nitrogens with two attached hydrogens (primary N) is 1. The van der Waals surface area contributed by atoms with Gasteiger partial charge in [0, 0.05) is 22.0 Å². The summed E-state index contributed by atoms with van der Waals surface area (Å²) in [5.41, 5.74) is 6.31. The summed E-state index contributed by atoms with van der Waals surface area (Å²) in [5, 5.41) is 9.93. The van der Waals surface area contributed by atoms with Crippen LogP contribution in [0.2, 0.25) is 5.02 Å². The highest BCUT2D eigenvalue weighted by Crippen LogP contribution is 2.29. The number of hydrogen-bond donors (Lipinski definition) is 2. The van der Waals surface area contributed by atoms with Crippen LogP contribution in [0.5, 0.6) is 5.75 Å². The van der Waals surface area contributed by atoms with Crippen LogP contribution in [0.4, 0.5) is 4.39 Å². The molecule has 3 rings (SSSR count). The number of carbonyl (C=O) groups is 2. The maximum absolute atomic E-state index is 14.0. The Balaban J connectivity index is 2.05. The summed E-state index contributed by atoms with van der Waals surface area (Å²) < 4.78 is 19.7. The first kappa shape index (κ1) is 18.6. The topological polar surface area (TPSA) is 103 Å². The molecular weight excluding hydrogens is 375 g/mol. The van der Waals surface area contributed by atoms with E-state index in [1.54, 1.807) is 6.92 Å². The first-order valence-corrected chi connectivity index (χ1v) is 8.19. The lowest BCUT2D eigenvalue weighted by Gasteiger charge is -2.13. The summed E-state index contributed by atoms with van der Waals surface area (Å²) in [6, 6.07) is 8.40. The number of ether oxygens (including phenoxy) is 1. The zero-order chi connectivity index (χ0) is 19.7. The third kappa shape index (κ3) is 3.83. The molecule has 0 aliphatic carbocycles. The van der Waals surface area contributed by atoms with Gasteiger partial charge in [0.15, 0.2) is 0 Å². The number of amides is 1. The Kier molecular flexibility index (Phi) is 4.96. The number of carboxylic acid groups (broad SMARTS) is 1. The average molecular weight is 389 g/mol. The number of rotatable bonds is 5. The third-order valence-electron chi connectivity index (χ3n) is 3.99. The van der Waals surface area contributed by atoms with Gasteiger partial charge >= 0.3 is 5.97 Å². The summed E-state index contributed by atoms with van der Waals surface area (Å²) in [4.78, 5) is 27.0. The van der Waals surface area contributed by atoms with Crippen LogP contribution in [0.25, 0.3) is 10.9 Å². The minimum atomic E-state index is -1.16. The molecule has 0 unspecified atom stereocenters. The van der Waals surface area contributed by atoms with Crippen molar-refractivity contribution in [3.63, 3.8) is 0 Å². The van der Waals surface area contributed by atoms with Crippen molar-refractivity contribution in [2.24, 2.45) is 5.73 Å². The smallest absolute Gasteiger partial charge is 0.336 e. The molecule has 0 spiro atoms. The lowest BCUT2D eigenvalue weighted by atomic mass is 10.1. The van der Waals surface area contributed by atoms with Crippen molar-refractivity contribution in [3.8, 4) is 5.75 Å². The third-order valence-corrected chi connectivity index (χ3v) is 4.22. The van der Waals surface area contributed by atoms with Crippen LogP contribution >= 0.6 is 11.6 Å². The molecule has 3 aromatic rings. The van der Waals surface area contributed by atoms with Crippen molar-refractivity contribution in [3.05, 3.63) is 69.6 Å². The Labute approximate surface area is 158 Å². The van der Waals surface area contributed by atoms with E-state index in [-0.39, 0.29) is 28.6 Å². The Morgan fingerprint density at radius 2 is 2.00 bits per heavy atom. The van der Waals surface area contributed by atoms with Crippen LogP contribution in [-0.4, -0.2) is 22.0 Å². The number of carbonyl (C=O) groups excluding carboxylic acids is 1. The van der Waals surface area contributed by atoms with Crippen LogP contribution in [0, 0.1) is 12.7 Å². The SMILES string of the molecule is Cc1cc2nc(C(N)=O)cc(OCc3ccc(Cl)cc3C(=O)O)c2cc1F. The number of aromatic carboxylic acids is 1. The van der Waals surface area contributed by atoms with Gasteiger partial charge in [0.2, 0.25) is 0 Å². The van der Waals surface area contributed by atoms with Gasteiger partial charge in [0.25, 0.3) is 5.91 Å². The van der Waals surface area contributed by atoms with Crippen molar-refractivity contribution in [2.45, 2.75) is 13.5 Å². The molecule has 2 aromatic carbocycles. The molecule has 3 N–H and O–H groups in total. The van der Waals surface area contributed by atoms with Crippen LogP contribution in [0.3, 0.4) is 0 Å². The number of primary amides is 1. The molecule has 6 nitrogen and oxygen atoms in total. The van der Waals surface area contributed by atoms with Crippen molar-refractivity contribution in [2.75, 3.05) is 0 Å². The number of benzene rings is 2. The van der Waals surface area contributed by atoms with E-state index < -0.39 is 17.7 Å². The molecule has 138 valence electrons. The monoisotopic (exact) mass is 388 g/mol. The van der Waals surface area contributed by atoms with Gasteiger partial charge in [-0.2, -0.15) is 0 Å². The van der Waals surface area contributed by atoms with E-state index in [4.69, 9.17) is 22.1 Å². The summed E-state index contributed by atoms with van der Waals surface area (Å²) in [6.07, 6.45) is 0. The molecule has 0 fully saturated rings. The largest absolute Gasteiger partial charge is 0.488 e. The Bertz CT molecular complexity index is 1080. The van der Waals surface area contributed by atoms with Crippen LogP contribution in [0.15, 0.2) is 36.4 Å². The minimum Gasteiger partial charge on any atom is -0.488 e. The molecule has 0 aliphatic rings. The van der Waals surface area contributed by atoms with Crippen LogP contribution < -0.4 is 10.5 Å². The van der Waals surface area contributed by atoms with Gasteiger partial charge in [0.05, 0.1) is 11.1 Å². The van der Waals surface area contributed by atoms with Crippen molar-refractivity contribution < 1.29 is 23.8 Å². The highest BCUT2D eigenvalue weighted by molar-refractivity contribution is 6.31. The molecule has 0 saturated carbocycles. The van der Waals surface area contributed by atoms with E-state index in [9.17, 15) is 19.1 Å². The Hall–Kier alpha value is -3.19. The first-order valence-electron chi connectivity index (χ1n) is 7.81. The number of aryl methyl sites for hydroxylation is 1. The predicted octanol–water partition coefficient (Wildman–Crippen LogP) is 3.71. The normalized spacial score (nSPS) is 10.8. The van der Waals surface area contributed by atoms with Gasteiger partial charge in [-0.1, -0.05) is 17.7 Å². The van der Waals surface area contributed by atoms with Gasteiger partial charge in [-0.3, -0.25) is 4.79 Å². The molecule has 0 saturated heterocycles. The summed E-state index contributed by atoms with van der Waals surface area (Å²) in [7, 11) is 0. The van der Waals surface area contributed by atoms with E-state index in [2.05, 4.69) is 4.98 Å². The zero-order valence-corrected chi connectivity index (χ0v) is 14.9. The molecule has 1 aromatic heterocycles. The average Bonchev–Trinajstić information content (AvgIpc) is 2.61. The fourth-order valence-corrected chi connectivity index (χ4v) is 2.77. The number of carboxylic acids is 1. The lowest BCUT2D eigenvalue weighted by molar-refractivity contribution is 0.0693. The standard InChI is InChI=1S/C19H14ClFN2O4/c1-9-4-15-13(6-14(9)21)17(7-16(23-15)18(22)24)27-8-10-2-3-11(20)5-12(10)19(25)26/h2-7H,8H2,1H3,(H2,22,24)(H,25,26). The molecule has 0 aliphatic heterocycles. The van der Waals surface area contributed by atoms with E-state index >= 15 is 0 Å². The quantitative estimate of drug-likeness (QED) is 0.693. The highest BCUT2D eigenvalue weighted by atomic mass is 35.5. The number of aromatic nitrogens is 1. The van der Waals surface area contributed by atoms with E-state index in [1.807, 2.05) is 0 Å². The van der Waals surface area contributed by atoms with E-state index in [0.717, 1.165) is 0 Å². The molecule has 0 radical (unpaired) electrons. The fraction of sp³-hybridized carbons (Fsp3) is 0.105. The molecule has 0 bridgehead atoms. The maximum Gasteiger partial charge on any atom is 0.336 e. The first-order chi connectivity index (χ1) is 12.8. The van der Waals surface area contributed by atoms with Crippen molar-refractivity contribution in [1.29, 1.82) is 0 Å². The molecular formula is C19H14ClFN2O4. The van der Waals surface area contributed by atoms with Gasteiger partial charge in [0.1, 0.15) is 23.9 Å². The number of hydrogen-bond acceptors (Lipinski definition) is 4. The zero-order valence-electron chi connectivity index (χ0n) is 14.1. The van der Waals surface area contributed by atoms with Crippen molar-refractivity contribution >= 4 is 34.4 Å². The van der Waals surface area contributed by atoms with Gasteiger partial charge in [-0.25, -0.2) is 14.2 Å². The lowest BCUT2D eigenvalue weighted by Crippen LogP contribution is -2.14. The molecule has 0 atom stereocenters. The second kappa shape index (κ2) is 7.20. The van der Waals surface area contributed by atoms with Crippen LogP contribution in [-0.2, 0) is 6.61 Å². The van der Waals surface area contributed by atoms with E-state index in [0.29, 0.717) is 22.0 Å². The van der Waals surface area contributed by atoms with Crippen LogP contribution in [0.1, 0.15) is 32.0 Å². The highest BCUT2D eigenvalue weighted by Gasteiger charge is 2.15. The minimum absolute atomic E-state index is 0.0157. The predicted molar refractivity (Wildman–Crippen MR) is 97.7 cm³/mol.